The molecule has 0 unspecified atom stereocenters. The summed E-state index contributed by atoms with van der Waals surface area (Å²) in [6.45, 7) is 4.49. The first-order valence-electron chi connectivity index (χ1n) is 14.2. The van der Waals surface area contributed by atoms with E-state index in [0.717, 1.165) is 61.6 Å². The molecular weight excluding hydrogens is 462 g/mol. The van der Waals surface area contributed by atoms with E-state index in [-0.39, 0.29) is 22.7 Å². The lowest BCUT2D eigenvalue weighted by Gasteiger charge is -2.76. The number of Topliss-reactive ketones (excluding diaryl/α,β-unsaturated/α-hetero) is 1. The number of hydrogen-bond donors (Lipinski definition) is 0. The Morgan fingerprint density at radius 3 is 2.62 bits per heavy atom. The fourth-order valence-corrected chi connectivity index (χ4v) is 10.2. The molecule has 0 aromatic heterocycles. The van der Waals surface area contributed by atoms with E-state index in [1.54, 1.807) is 7.11 Å². The summed E-state index contributed by atoms with van der Waals surface area (Å²) in [6, 6.07) is 14.7. The molecule has 4 saturated carbocycles. The second-order valence-corrected chi connectivity index (χ2v) is 13.0. The number of hydrogen-bond acceptors (Lipinski definition) is 5. The highest BCUT2D eigenvalue weighted by Crippen LogP contribution is 2.79. The number of likely N-dealkylation sites (tertiary alicyclic amines) is 1. The Labute approximate surface area is 219 Å². The molecule has 194 valence electrons. The Kier molecular flexibility index (Phi) is 4.38. The predicted octanol–water partition coefficient (Wildman–Crippen LogP) is 5.19. The largest absolute Gasteiger partial charge is 0.493 e. The first-order valence-corrected chi connectivity index (χ1v) is 14.2. The maximum absolute atomic E-state index is 14.5. The highest BCUT2D eigenvalue weighted by Gasteiger charge is 2.84. The number of ketones is 1. The molecule has 2 aliphatic heterocycles. The van der Waals surface area contributed by atoms with Crippen LogP contribution in [-0.2, 0) is 16.6 Å². The summed E-state index contributed by atoms with van der Waals surface area (Å²) in [5.74, 6) is 2.78. The minimum absolute atomic E-state index is 0.0190. The SMILES string of the molecule is COc1ccc2c3c1O[C@H]1[C@@]4(OC)CC[C@@]5(C[C@@]4(C)C(=O)c4ccccc4)[C@@H](C2)N(CC2CC2)CC[C@]315. The van der Waals surface area contributed by atoms with Gasteiger partial charge in [-0.3, -0.25) is 9.69 Å². The highest BCUT2D eigenvalue weighted by atomic mass is 16.6. The number of rotatable bonds is 6. The van der Waals surface area contributed by atoms with Gasteiger partial charge in [0.1, 0.15) is 11.7 Å². The molecule has 5 heteroatoms. The first-order chi connectivity index (χ1) is 17.9. The standard InChI is InChI=1S/C32H37NO4/c1-29(27(34)21-7-5-4-6-8-21)19-30-13-14-32(29,36-3)28-31(30)15-16-33(18-20-9-10-20)24(30)17-22-11-12-23(35-2)26(37-28)25(22)31/h4-8,11-12,20,24,28H,9-10,13-19H2,1-3H3/t24-,28-,29+,30-,31+,32+/m1/s1. The second-order valence-electron chi connectivity index (χ2n) is 13.0. The van der Waals surface area contributed by atoms with Gasteiger partial charge >= 0.3 is 0 Å². The number of nitrogens with zero attached hydrogens (tertiary/aromatic N) is 1. The third-order valence-corrected chi connectivity index (χ3v) is 11.8. The van der Waals surface area contributed by atoms with Crippen LogP contribution in [0.5, 0.6) is 11.5 Å². The molecule has 5 fully saturated rings. The smallest absolute Gasteiger partial charge is 0.171 e. The topological polar surface area (TPSA) is 48.0 Å². The summed E-state index contributed by atoms with van der Waals surface area (Å²) in [7, 11) is 3.56. The molecule has 2 aromatic carbocycles. The quantitative estimate of drug-likeness (QED) is 0.512. The zero-order chi connectivity index (χ0) is 25.2. The number of methoxy groups -OCH3 is 2. The van der Waals surface area contributed by atoms with Gasteiger partial charge in [0.2, 0.25) is 0 Å². The monoisotopic (exact) mass is 499 g/mol. The van der Waals surface area contributed by atoms with Crippen molar-refractivity contribution in [2.45, 2.75) is 75.0 Å². The van der Waals surface area contributed by atoms with Crippen molar-refractivity contribution in [1.82, 2.24) is 4.90 Å². The molecule has 5 nitrogen and oxygen atoms in total. The maximum atomic E-state index is 14.5. The number of fused-ring (bicyclic) bond motifs is 2. The third kappa shape index (κ3) is 2.43. The molecule has 1 saturated heterocycles. The van der Waals surface area contributed by atoms with Crippen LogP contribution in [0, 0.1) is 16.7 Å². The van der Waals surface area contributed by atoms with Crippen LogP contribution in [0.2, 0.25) is 0 Å². The Morgan fingerprint density at radius 2 is 1.89 bits per heavy atom. The normalized spacial score (nSPS) is 40.7. The highest BCUT2D eigenvalue weighted by molar-refractivity contribution is 6.02. The summed E-state index contributed by atoms with van der Waals surface area (Å²) in [4.78, 5) is 17.4. The van der Waals surface area contributed by atoms with Crippen molar-refractivity contribution in [3.05, 3.63) is 59.2 Å². The van der Waals surface area contributed by atoms with E-state index >= 15 is 0 Å². The lowest BCUT2D eigenvalue weighted by atomic mass is 9.31. The lowest BCUT2D eigenvalue weighted by molar-refractivity contribution is -0.292. The van der Waals surface area contributed by atoms with Gasteiger partial charge in [-0.1, -0.05) is 36.4 Å². The third-order valence-electron chi connectivity index (χ3n) is 11.8. The average Bonchev–Trinajstić information content (AvgIpc) is 3.67. The number of carbonyl (C=O) groups is 1. The Morgan fingerprint density at radius 1 is 1.08 bits per heavy atom. The van der Waals surface area contributed by atoms with Crippen molar-refractivity contribution in [2.75, 3.05) is 27.3 Å². The van der Waals surface area contributed by atoms with E-state index in [1.165, 1.54) is 30.5 Å². The van der Waals surface area contributed by atoms with Crippen LogP contribution in [0.25, 0.3) is 0 Å². The van der Waals surface area contributed by atoms with Gasteiger partial charge in [-0.25, -0.2) is 0 Å². The van der Waals surface area contributed by atoms with Crippen molar-refractivity contribution < 1.29 is 19.0 Å². The maximum Gasteiger partial charge on any atom is 0.171 e. The van der Waals surface area contributed by atoms with Crippen LogP contribution in [0.4, 0.5) is 0 Å². The van der Waals surface area contributed by atoms with Crippen LogP contribution in [0.3, 0.4) is 0 Å². The zero-order valence-corrected chi connectivity index (χ0v) is 22.2. The molecule has 0 N–H and O–H groups in total. The van der Waals surface area contributed by atoms with Gasteiger partial charge in [0.15, 0.2) is 17.3 Å². The first kappa shape index (κ1) is 22.6. The van der Waals surface area contributed by atoms with Crippen LogP contribution < -0.4 is 9.47 Å². The van der Waals surface area contributed by atoms with Gasteiger partial charge < -0.3 is 14.2 Å². The Hall–Kier alpha value is -2.37. The van der Waals surface area contributed by atoms with Crippen molar-refractivity contribution in [2.24, 2.45) is 16.7 Å². The Bertz CT molecular complexity index is 1310. The molecule has 2 aromatic rings. The minimum atomic E-state index is -0.691. The lowest BCUT2D eigenvalue weighted by Crippen LogP contribution is -2.84. The molecule has 7 aliphatic rings. The molecule has 5 aliphatic carbocycles. The molecule has 0 amide bonds. The van der Waals surface area contributed by atoms with Gasteiger partial charge in [-0.05, 0) is 76.0 Å². The summed E-state index contributed by atoms with van der Waals surface area (Å²) in [5.41, 5.74) is 2.06. The second kappa shape index (κ2) is 7.18. The van der Waals surface area contributed by atoms with Gasteiger partial charge in [0, 0.05) is 41.7 Å². The van der Waals surface area contributed by atoms with E-state index in [1.807, 2.05) is 37.4 Å². The molecule has 4 bridgehead atoms. The van der Waals surface area contributed by atoms with Gasteiger partial charge in [-0.2, -0.15) is 0 Å². The number of ether oxygens (including phenoxy) is 3. The fourth-order valence-electron chi connectivity index (χ4n) is 10.2. The summed E-state index contributed by atoms with van der Waals surface area (Å²) < 4.78 is 19.6. The van der Waals surface area contributed by atoms with Crippen molar-refractivity contribution >= 4 is 5.78 Å². The van der Waals surface area contributed by atoms with Crippen molar-refractivity contribution in [3.63, 3.8) is 0 Å². The van der Waals surface area contributed by atoms with Gasteiger partial charge in [0.25, 0.3) is 0 Å². The number of benzene rings is 2. The van der Waals surface area contributed by atoms with E-state index in [2.05, 4.69) is 24.0 Å². The van der Waals surface area contributed by atoms with Crippen LogP contribution in [0.1, 0.15) is 66.9 Å². The zero-order valence-electron chi connectivity index (χ0n) is 22.2. The van der Waals surface area contributed by atoms with E-state index in [4.69, 9.17) is 14.2 Å². The van der Waals surface area contributed by atoms with E-state index < -0.39 is 11.0 Å². The van der Waals surface area contributed by atoms with Crippen LogP contribution in [-0.4, -0.2) is 55.7 Å². The molecule has 0 radical (unpaired) electrons. The molecule has 2 spiro atoms. The molecule has 6 atom stereocenters. The fraction of sp³-hybridized carbons (Fsp3) is 0.594. The summed E-state index contributed by atoms with van der Waals surface area (Å²) >= 11 is 0. The minimum Gasteiger partial charge on any atom is -0.493 e. The van der Waals surface area contributed by atoms with E-state index in [9.17, 15) is 4.79 Å². The van der Waals surface area contributed by atoms with Gasteiger partial charge in [-0.15, -0.1) is 0 Å². The number of carbonyl (C=O) groups excluding carboxylic acids is 1. The molecular formula is C32H37NO4. The van der Waals surface area contributed by atoms with Crippen molar-refractivity contribution in [3.8, 4) is 11.5 Å². The molecule has 2 heterocycles. The van der Waals surface area contributed by atoms with Crippen LogP contribution >= 0.6 is 0 Å². The number of piperidine rings is 1. The summed E-state index contributed by atoms with van der Waals surface area (Å²) in [6.07, 6.45) is 7.42. The predicted molar refractivity (Wildman–Crippen MR) is 140 cm³/mol. The van der Waals surface area contributed by atoms with Crippen molar-refractivity contribution in [1.29, 1.82) is 0 Å². The average molecular weight is 500 g/mol. The molecule has 37 heavy (non-hydrogen) atoms. The van der Waals surface area contributed by atoms with E-state index in [0.29, 0.717) is 6.04 Å². The summed E-state index contributed by atoms with van der Waals surface area (Å²) in [5, 5.41) is 0. The Balaban J connectivity index is 1.38. The van der Waals surface area contributed by atoms with Crippen LogP contribution in [0.15, 0.2) is 42.5 Å². The molecule has 9 rings (SSSR count). The van der Waals surface area contributed by atoms with Gasteiger partial charge in [0.05, 0.1) is 12.5 Å².